The van der Waals surface area contributed by atoms with E-state index in [0.29, 0.717) is 18.8 Å². The number of piperidine rings is 1. The minimum absolute atomic E-state index is 0.0234. The Bertz CT molecular complexity index is 737. The van der Waals surface area contributed by atoms with Crippen LogP contribution in [0.4, 0.5) is 4.79 Å². The van der Waals surface area contributed by atoms with Crippen LogP contribution in [0.2, 0.25) is 0 Å². The summed E-state index contributed by atoms with van der Waals surface area (Å²) in [5.41, 5.74) is -0.0234. The number of hydrogen-bond acceptors (Lipinski definition) is 3. The summed E-state index contributed by atoms with van der Waals surface area (Å²) >= 11 is 3.30. The van der Waals surface area contributed by atoms with E-state index in [0.717, 1.165) is 17.3 Å². The first-order valence-corrected chi connectivity index (χ1v) is 8.32. The summed E-state index contributed by atoms with van der Waals surface area (Å²) in [6.07, 6.45) is 2.95. The number of pyridine rings is 1. The minimum Gasteiger partial charge on any atom is -0.410 e. The fraction of sp³-hybridized carbons (Fsp3) is 0.294. The zero-order valence-corrected chi connectivity index (χ0v) is 14.1. The van der Waals surface area contributed by atoms with Crippen LogP contribution in [-0.4, -0.2) is 28.6 Å². The molecule has 23 heavy (non-hydrogen) atoms. The number of amides is 1. The summed E-state index contributed by atoms with van der Waals surface area (Å²) < 4.78 is 7.87. The number of ether oxygens (including phenoxy) is 1. The number of aromatic nitrogens is 1. The molecule has 1 aromatic heterocycles. The van der Waals surface area contributed by atoms with Gasteiger partial charge in [-0.2, -0.15) is 0 Å². The van der Waals surface area contributed by atoms with Crippen LogP contribution in [0.5, 0.6) is 5.75 Å². The number of nitrogens with zero attached hydrogens (tertiary/aromatic N) is 2. The summed E-state index contributed by atoms with van der Waals surface area (Å²) in [4.78, 5) is 25.9. The third kappa shape index (κ3) is 3.82. The van der Waals surface area contributed by atoms with Gasteiger partial charge in [0, 0.05) is 35.9 Å². The quantitative estimate of drug-likeness (QED) is 0.806. The number of hydrogen-bond donors (Lipinski definition) is 0. The summed E-state index contributed by atoms with van der Waals surface area (Å²) in [6, 6.07) is 12.6. The number of rotatable bonds is 2. The Morgan fingerprint density at radius 2 is 1.83 bits per heavy atom. The molecule has 1 aliphatic heterocycles. The van der Waals surface area contributed by atoms with E-state index >= 15 is 0 Å². The van der Waals surface area contributed by atoms with Gasteiger partial charge in [0.1, 0.15) is 5.75 Å². The van der Waals surface area contributed by atoms with Crippen molar-refractivity contribution in [3.05, 3.63) is 63.5 Å². The number of benzene rings is 1. The standard InChI is InChI=1S/C17H17BrN2O3/c18-13-6-11-20(16(21)12-13)14-7-9-19(10-8-14)17(22)23-15-4-2-1-3-5-15/h1-6,11-12,14H,7-10H2. The van der Waals surface area contributed by atoms with Crippen molar-refractivity contribution in [3.8, 4) is 5.75 Å². The second-order valence-corrected chi connectivity index (χ2v) is 6.41. The Labute approximate surface area is 142 Å². The molecule has 0 saturated carbocycles. The van der Waals surface area contributed by atoms with E-state index < -0.39 is 0 Å². The minimum atomic E-state index is -0.335. The zero-order valence-electron chi connectivity index (χ0n) is 12.5. The molecule has 1 aromatic carbocycles. The molecule has 0 aliphatic carbocycles. The van der Waals surface area contributed by atoms with Gasteiger partial charge in [0.05, 0.1) is 0 Å². The lowest BCUT2D eigenvalue weighted by molar-refractivity contribution is 0.131. The fourth-order valence-electron chi connectivity index (χ4n) is 2.75. The van der Waals surface area contributed by atoms with Crippen LogP contribution in [-0.2, 0) is 0 Å². The first-order chi connectivity index (χ1) is 11.1. The molecule has 0 spiro atoms. The zero-order chi connectivity index (χ0) is 16.2. The molecule has 0 unspecified atom stereocenters. The van der Waals surface area contributed by atoms with E-state index in [1.807, 2.05) is 24.3 Å². The molecule has 1 amide bonds. The van der Waals surface area contributed by atoms with Crippen LogP contribution < -0.4 is 10.3 Å². The van der Waals surface area contributed by atoms with Crippen LogP contribution in [0.3, 0.4) is 0 Å². The second-order valence-electron chi connectivity index (χ2n) is 5.49. The van der Waals surface area contributed by atoms with Crippen molar-refractivity contribution in [2.24, 2.45) is 0 Å². The summed E-state index contributed by atoms with van der Waals surface area (Å²) in [6.45, 7) is 1.16. The van der Waals surface area contributed by atoms with Gasteiger partial charge in [-0.05, 0) is 31.0 Å². The topological polar surface area (TPSA) is 51.5 Å². The lowest BCUT2D eigenvalue weighted by Gasteiger charge is -2.32. The van der Waals surface area contributed by atoms with E-state index in [2.05, 4.69) is 15.9 Å². The first kappa shape index (κ1) is 15.8. The van der Waals surface area contributed by atoms with E-state index in [1.54, 1.807) is 33.9 Å². The summed E-state index contributed by atoms with van der Waals surface area (Å²) in [5.74, 6) is 0.545. The molecule has 120 valence electrons. The highest BCUT2D eigenvalue weighted by atomic mass is 79.9. The Balaban J connectivity index is 1.60. The van der Waals surface area contributed by atoms with Crippen molar-refractivity contribution in [3.63, 3.8) is 0 Å². The van der Waals surface area contributed by atoms with Gasteiger partial charge in [-0.1, -0.05) is 34.1 Å². The first-order valence-electron chi connectivity index (χ1n) is 7.53. The average molecular weight is 377 g/mol. The highest BCUT2D eigenvalue weighted by molar-refractivity contribution is 9.10. The van der Waals surface area contributed by atoms with Crippen molar-refractivity contribution in [2.45, 2.75) is 18.9 Å². The maximum atomic E-state index is 12.2. The number of para-hydroxylation sites is 1. The van der Waals surface area contributed by atoms with E-state index in [-0.39, 0.29) is 17.7 Å². The predicted molar refractivity (Wildman–Crippen MR) is 90.7 cm³/mol. The predicted octanol–water partition coefficient (Wildman–Crippen LogP) is 3.45. The molecule has 1 fully saturated rings. The van der Waals surface area contributed by atoms with Crippen molar-refractivity contribution in [2.75, 3.05) is 13.1 Å². The van der Waals surface area contributed by atoms with Gasteiger partial charge in [0.25, 0.3) is 5.56 Å². The lowest BCUT2D eigenvalue weighted by atomic mass is 10.1. The molecular formula is C17H17BrN2O3. The molecule has 2 heterocycles. The van der Waals surface area contributed by atoms with Crippen LogP contribution in [0.25, 0.3) is 0 Å². The largest absolute Gasteiger partial charge is 0.415 e. The number of carbonyl (C=O) groups is 1. The van der Waals surface area contributed by atoms with E-state index in [4.69, 9.17) is 4.74 Å². The van der Waals surface area contributed by atoms with Gasteiger partial charge >= 0.3 is 6.09 Å². The average Bonchev–Trinajstić information content (AvgIpc) is 2.56. The second kappa shape index (κ2) is 7.00. The monoisotopic (exact) mass is 376 g/mol. The fourth-order valence-corrected chi connectivity index (χ4v) is 3.06. The molecule has 2 aromatic rings. The Morgan fingerprint density at radius 1 is 1.13 bits per heavy atom. The van der Waals surface area contributed by atoms with Crippen molar-refractivity contribution in [1.29, 1.82) is 0 Å². The van der Waals surface area contributed by atoms with Gasteiger partial charge in [-0.15, -0.1) is 0 Å². The maximum absolute atomic E-state index is 12.2. The molecule has 0 radical (unpaired) electrons. The summed E-state index contributed by atoms with van der Waals surface area (Å²) in [7, 11) is 0. The van der Waals surface area contributed by atoms with Crippen LogP contribution in [0, 0.1) is 0 Å². The Kier molecular flexibility index (Phi) is 4.81. The van der Waals surface area contributed by atoms with Crippen molar-refractivity contribution in [1.82, 2.24) is 9.47 Å². The molecule has 3 rings (SSSR count). The maximum Gasteiger partial charge on any atom is 0.415 e. The van der Waals surface area contributed by atoms with Crippen LogP contribution in [0.1, 0.15) is 18.9 Å². The normalized spacial score (nSPS) is 15.4. The molecule has 1 saturated heterocycles. The van der Waals surface area contributed by atoms with Gasteiger partial charge in [-0.3, -0.25) is 4.79 Å². The lowest BCUT2D eigenvalue weighted by Crippen LogP contribution is -2.42. The van der Waals surface area contributed by atoms with Crippen molar-refractivity contribution >= 4 is 22.0 Å². The molecule has 0 bridgehead atoms. The van der Waals surface area contributed by atoms with E-state index in [1.165, 1.54) is 0 Å². The molecule has 1 aliphatic rings. The molecule has 0 N–H and O–H groups in total. The third-order valence-corrected chi connectivity index (χ3v) is 4.47. The van der Waals surface area contributed by atoms with Crippen LogP contribution >= 0.6 is 15.9 Å². The van der Waals surface area contributed by atoms with Gasteiger partial charge in [0.2, 0.25) is 0 Å². The molecule has 5 nitrogen and oxygen atoms in total. The Hall–Kier alpha value is -2.08. The number of likely N-dealkylation sites (tertiary alicyclic amines) is 1. The van der Waals surface area contributed by atoms with Crippen molar-refractivity contribution < 1.29 is 9.53 Å². The van der Waals surface area contributed by atoms with Gasteiger partial charge in [-0.25, -0.2) is 4.79 Å². The highest BCUT2D eigenvalue weighted by Gasteiger charge is 2.25. The van der Waals surface area contributed by atoms with Gasteiger partial charge < -0.3 is 14.2 Å². The number of carbonyl (C=O) groups excluding carboxylic acids is 1. The summed E-state index contributed by atoms with van der Waals surface area (Å²) in [5, 5.41) is 0. The molecule has 0 atom stereocenters. The number of halogens is 1. The molecule has 6 heteroatoms. The SMILES string of the molecule is O=C(Oc1ccccc1)N1CCC(n2ccc(Br)cc2=O)CC1. The van der Waals surface area contributed by atoms with E-state index in [9.17, 15) is 9.59 Å². The van der Waals surface area contributed by atoms with Gasteiger partial charge in [0.15, 0.2) is 0 Å². The Morgan fingerprint density at radius 3 is 2.48 bits per heavy atom. The smallest absolute Gasteiger partial charge is 0.410 e. The third-order valence-electron chi connectivity index (χ3n) is 3.97. The molecular weight excluding hydrogens is 360 g/mol. The van der Waals surface area contributed by atoms with Crippen LogP contribution in [0.15, 0.2) is 57.9 Å². The highest BCUT2D eigenvalue weighted by Crippen LogP contribution is 2.22.